The average molecular weight is 468 g/mol. The number of carbonyl (C=O) groups is 2. The highest BCUT2D eigenvalue weighted by molar-refractivity contribution is 5.95. The van der Waals surface area contributed by atoms with Crippen LogP contribution in [0.3, 0.4) is 0 Å². The number of amides is 3. The minimum Gasteiger partial charge on any atom is -0.454 e. The van der Waals surface area contributed by atoms with Gasteiger partial charge in [0.15, 0.2) is 11.5 Å². The van der Waals surface area contributed by atoms with Gasteiger partial charge in [-0.05, 0) is 43.2 Å². The summed E-state index contributed by atoms with van der Waals surface area (Å²) in [6.45, 7) is 3.02. The normalized spacial score (nSPS) is 21.4. The first kappa shape index (κ1) is 22.5. The smallest absolute Gasteiger partial charge is 0.322 e. The van der Waals surface area contributed by atoms with Crippen LogP contribution in [0.15, 0.2) is 48.5 Å². The third-order valence-corrected chi connectivity index (χ3v) is 6.23. The van der Waals surface area contributed by atoms with Crippen molar-refractivity contribution in [2.45, 2.75) is 25.0 Å². The molecule has 2 saturated heterocycles. The predicted octanol–water partition coefficient (Wildman–Crippen LogP) is 2.97. The van der Waals surface area contributed by atoms with E-state index in [1.54, 1.807) is 28.0 Å². The van der Waals surface area contributed by atoms with Crippen molar-refractivity contribution in [2.75, 3.05) is 51.5 Å². The summed E-state index contributed by atoms with van der Waals surface area (Å²) in [5.41, 5.74) is 1.27. The van der Waals surface area contributed by atoms with Gasteiger partial charge in [0.05, 0.1) is 25.4 Å². The second kappa shape index (κ2) is 10.3. The topological polar surface area (TPSA) is 89.6 Å². The Bertz CT molecular complexity index is 1010. The molecule has 3 heterocycles. The molecular formula is C25H29N3O6. The van der Waals surface area contributed by atoms with Crippen molar-refractivity contribution in [1.82, 2.24) is 9.80 Å². The van der Waals surface area contributed by atoms with Crippen molar-refractivity contribution >= 4 is 17.6 Å². The second-order valence-electron chi connectivity index (χ2n) is 8.65. The van der Waals surface area contributed by atoms with Gasteiger partial charge in [-0.3, -0.25) is 4.79 Å². The number of hydrogen-bond donors (Lipinski definition) is 1. The van der Waals surface area contributed by atoms with Gasteiger partial charge in [0, 0.05) is 37.5 Å². The van der Waals surface area contributed by atoms with Crippen LogP contribution >= 0.6 is 0 Å². The van der Waals surface area contributed by atoms with Crippen LogP contribution in [-0.2, 0) is 9.47 Å². The third-order valence-electron chi connectivity index (χ3n) is 6.23. The molecule has 0 bridgehead atoms. The zero-order chi connectivity index (χ0) is 23.3. The molecule has 3 aliphatic heterocycles. The van der Waals surface area contributed by atoms with Gasteiger partial charge in [0.2, 0.25) is 6.79 Å². The van der Waals surface area contributed by atoms with Crippen LogP contribution in [0.2, 0.25) is 0 Å². The largest absolute Gasteiger partial charge is 0.454 e. The summed E-state index contributed by atoms with van der Waals surface area (Å²) in [7, 11) is 0. The van der Waals surface area contributed by atoms with Crippen LogP contribution in [0.5, 0.6) is 11.5 Å². The van der Waals surface area contributed by atoms with E-state index in [2.05, 4.69) is 5.32 Å². The fraction of sp³-hybridized carbons (Fsp3) is 0.440. The Morgan fingerprint density at radius 1 is 0.971 bits per heavy atom. The van der Waals surface area contributed by atoms with Crippen molar-refractivity contribution < 1.29 is 28.5 Å². The summed E-state index contributed by atoms with van der Waals surface area (Å²) in [5.74, 6) is 1.08. The highest BCUT2D eigenvalue weighted by Crippen LogP contribution is 2.33. The lowest BCUT2D eigenvalue weighted by Crippen LogP contribution is -2.52. The van der Waals surface area contributed by atoms with Gasteiger partial charge in [-0.1, -0.05) is 18.2 Å². The van der Waals surface area contributed by atoms with E-state index in [4.69, 9.17) is 18.9 Å². The molecule has 0 spiro atoms. The maximum absolute atomic E-state index is 13.5. The van der Waals surface area contributed by atoms with E-state index in [9.17, 15) is 9.59 Å². The molecule has 2 fully saturated rings. The zero-order valence-electron chi connectivity index (χ0n) is 19.0. The van der Waals surface area contributed by atoms with Gasteiger partial charge in [-0.25, -0.2) is 4.79 Å². The fourth-order valence-electron chi connectivity index (χ4n) is 4.47. The molecule has 180 valence electrons. The number of urea groups is 1. The van der Waals surface area contributed by atoms with E-state index in [0.717, 1.165) is 18.5 Å². The zero-order valence-corrected chi connectivity index (χ0v) is 19.0. The van der Waals surface area contributed by atoms with Gasteiger partial charge in [-0.2, -0.15) is 0 Å². The van der Waals surface area contributed by atoms with E-state index in [0.29, 0.717) is 56.5 Å². The number of ether oxygens (including phenoxy) is 4. The van der Waals surface area contributed by atoms with E-state index in [1.807, 2.05) is 30.3 Å². The van der Waals surface area contributed by atoms with Crippen molar-refractivity contribution in [3.05, 3.63) is 54.1 Å². The maximum atomic E-state index is 13.5. The van der Waals surface area contributed by atoms with Crippen molar-refractivity contribution in [1.29, 1.82) is 0 Å². The SMILES string of the molecule is O=C(Nc1ccccc1)N1CCOC(CN(CC2CCCO2)C(=O)c2ccc3c(c2)OCO3)C1. The molecule has 0 saturated carbocycles. The minimum atomic E-state index is -0.297. The molecule has 3 amide bonds. The van der Waals surface area contributed by atoms with Crippen LogP contribution in [-0.4, -0.2) is 80.1 Å². The Balaban J connectivity index is 1.26. The molecule has 2 atom stereocenters. The van der Waals surface area contributed by atoms with Crippen LogP contribution in [0.1, 0.15) is 23.2 Å². The lowest BCUT2D eigenvalue weighted by atomic mass is 10.1. The highest BCUT2D eigenvalue weighted by atomic mass is 16.7. The number of fused-ring (bicyclic) bond motifs is 1. The number of hydrogen-bond acceptors (Lipinski definition) is 6. The Kier molecular flexibility index (Phi) is 6.82. The summed E-state index contributed by atoms with van der Waals surface area (Å²) in [4.78, 5) is 29.8. The number of anilines is 1. The number of carbonyl (C=O) groups excluding carboxylic acids is 2. The monoisotopic (exact) mass is 467 g/mol. The first-order valence-electron chi connectivity index (χ1n) is 11.7. The second-order valence-corrected chi connectivity index (χ2v) is 8.65. The molecule has 2 unspecified atom stereocenters. The number of rotatable bonds is 6. The van der Waals surface area contributed by atoms with E-state index in [1.165, 1.54) is 0 Å². The first-order chi connectivity index (χ1) is 16.7. The maximum Gasteiger partial charge on any atom is 0.322 e. The van der Waals surface area contributed by atoms with Crippen LogP contribution < -0.4 is 14.8 Å². The van der Waals surface area contributed by atoms with Crippen LogP contribution in [0.4, 0.5) is 10.5 Å². The molecule has 34 heavy (non-hydrogen) atoms. The van der Waals surface area contributed by atoms with Crippen molar-refractivity contribution in [3.63, 3.8) is 0 Å². The third kappa shape index (κ3) is 5.26. The minimum absolute atomic E-state index is 0.000895. The summed E-state index contributed by atoms with van der Waals surface area (Å²) in [6.07, 6.45) is 1.61. The Morgan fingerprint density at radius 2 is 1.76 bits per heavy atom. The molecule has 2 aromatic rings. The summed E-state index contributed by atoms with van der Waals surface area (Å²) < 4.78 is 22.6. The quantitative estimate of drug-likeness (QED) is 0.703. The van der Waals surface area contributed by atoms with Gasteiger partial charge < -0.3 is 34.1 Å². The van der Waals surface area contributed by atoms with Gasteiger partial charge in [0.1, 0.15) is 0 Å². The van der Waals surface area contributed by atoms with Gasteiger partial charge in [0.25, 0.3) is 5.91 Å². The summed E-state index contributed by atoms with van der Waals surface area (Å²) in [5, 5.41) is 2.92. The molecule has 0 aliphatic carbocycles. The Morgan fingerprint density at radius 3 is 2.59 bits per heavy atom. The van der Waals surface area contributed by atoms with Crippen molar-refractivity contribution in [2.24, 2.45) is 0 Å². The molecule has 3 aliphatic rings. The van der Waals surface area contributed by atoms with Gasteiger partial charge >= 0.3 is 6.03 Å². The molecule has 0 radical (unpaired) electrons. The summed E-state index contributed by atoms with van der Waals surface area (Å²) >= 11 is 0. The number of nitrogens with zero attached hydrogens (tertiary/aromatic N) is 2. The molecular weight excluding hydrogens is 438 g/mol. The molecule has 5 rings (SSSR count). The standard InChI is InChI=1S/C25H29N3O6/c29-24(18-8-9-22-23(13-18)34-17-33-22)28(14-20-7-4-11-31-20)16-21-15-27(10-12-32-21)25(30)26-19-5-2-1-3-6-19/h1-3,5-6,8-9,13,20-21H,4,7,10-12,14-17H2,(H,26,30). The van der Waals surface area contributed by atoms with E-state index in [-0.39, 0.29) is 30.9 Å². The fourth-order valence-corrected chi connectivity index (χ4v) is 4.47. The molecule has 1 N–H and O–H groups in total. The molecule has 9 nitrogen and oxygen atoms in total. The highest BCUT2D eigenvalue weighted by Gasteiger charge is 2.31. The van der Waals surface area contributed by atoms with Gasteiger partial charge in [-0.15, -0.1) is 0 Å². The Labute approximate surface area is 198 Å². The number of para-hydroxylation sites is 1. The lowest BCUT2D eigenvalue weighted by Gasteiger charge is -2.36. The molecule has 2 aromatic carbocycles. The lowest BCUT2D eigenvalue weighted by molar-refractivity contribution is -0.0315. The number of nitrogens with one attached hydrogen (secondary N) is 1. The van der Waals surface area contributed by atoms with Crippen LogP contribution in [0.25, 0.3) is 0 Å². The van der Waals surface area contributed by atoms with E-state index >= 15 is 0 Å². The number of morpholine rings is 1. The first-order valence-corrected chi connectivity index (χ1v) is 11.7. The van der Waals surface area contributed by atoms with E-state index < -0.39 is 0 Å². The molecule has 9 heteroatoms. The summed E-state index contributed by atoms with van der Waals surface area (Å²) in [6, 6.07) is 14.4. The predicted molar refractivity (Wildman–Crippen MR) is 124 cm³/mol. The number of benzene rings is 2. The van der Waals surface area contributed by atoms with Crippen molar-refractivity contribution in [3.8, 4) is 11.5 Å². The molecule has 0 aromatic heterocycles. The van der Waals surface area contributed by atoms with Crippen LogP contribution in [0, 0.1) is 0 Å². The average Bonchev–Trinajstić information content (AvgIpc) is 3.55. The Hall–Kier alpha value is -3.30.